The van der Waals surface area contributed by atoms with Crippen molar-refractivity contribution >= 4 is 32.4 Å². The average molecular weight is 518 g/mol. The van der Waals surface area contributed by atoms with Crippen molar-refractivity contribution in [1.29, 1.82) is 0 Å². The fourth-order valence-corrected chi connectivity index (χ4v) is 9.11. The Bertz CT molecular complexity index is 898. The van der Waals surface area contributed by atoms with E-state index >= 15 is 0 Å². The third-order valence-corrected chi connectivity index (χ3v) is 11.6. The van der Waals surface area contributed by atoms with Gasteiger partial charge in [-0.05, 0) is 65.8 Å². The molecule has 0 aliphatic carbocycles. The molecule has 0 atom stereocenters. The van der Waals surface area contributed by atoms with Crippen molar-refractivity contribution in [3.63, 3.8) is 0 Å². The fraction of sp³-hybridized carbons (Fsp3) is 0.636. The number of anilines is 1. The van der Waals surface area contributed by atoms with Crippen molar-refractivity contribution in [1.82, 2.24) is 5.43 Å². The number of hydrogen-bond donors (Lipinski definition) is 1. The molecule has 0 saturated heterocycles. The molecule has 1 aliphatic heterocycles. The molecule has 0 bridgehead atoms. The summed E-state index contributed by atoms with van der Waals surface area (Å²) in [4.78, 5) is 15.5. The lowest BCUT2D eigenvalue weighted by Crippen LogP contribution is -2.42. The number of benzene rings is 1. The minimum atomic E-state index is -4.17. The van der Waals surface area contributed by atoms with Crippen LogP contribution in [-0.4, -0.2) is 56.0 Å². The third kappa shape index (κ3) is 5.48. The Morgan fingerprint density at radius 2 is 1.32 bits per heavy atom. The first-order valence-corrected chi connectivity index (χ1v) is 14.8. The number of Topliss-reactive ketones (excluding diaryl/α,β-unsaturated/α-hetero) is 1. The molecule has 0 saturated carbocycles. The lowest BCUT2D eigenvalue weighted by Gasteiger charge is -2.38. The molecule has 1 heterocycles. The van der Waals surface area contributed by atoms with Crippen molar-refractivity contribution in [3.05, 3.63) is 29.8 Å². The van der Waals surface area contributed by atoms with Crippen LogP contribution in [0.4, 0.5) is 5.69 Å². The molecule has 1 aliphatic rings. The highest BCUT2D eigenvalue weighted by Crippen LogP contribution is 2.78. The number of rotatable bonds is 15. The fourth-order valence-electron chi connectivity index (χ4n) is 3.83. The average Bonchev–Trinajstić information content (AvgIpc) is 3.29. The molecule has 1 N–H and O–H groups in total. The van der Waals surface area contributed by atoms with Gasteiger partial charge in [-0.3, -0.25) is 19.4 Å². The van der Waals surface area contributed by atoms with Crippen LogP contribution in [0.25, 0.3) is 0 Å². The summed E-state index contributed by atoms with van der Waals surface area (Å²) in [6, 6.07) is 7.17. The molecular weight excluding hydrogens is 480 g/mol. The first-order chi connectivity index (χ1) is 16.2. The number of carbonyl (C=O) groups is 1. The summed E-state index contributed by atoms with van der Waals surface area (Å²) in [7, 11) is -8.35. The number of ketones is 1. The molecule has 0 spiro atoms. The van der Waals surface area contributed by atoms with Crippen LogP contribution in [0.3, 0.4) is 0 Å². The van der Waals surface area contributed by atoms with Crippen molar-refractivity contribution < 1.29 is 32.0 Å². The van der Waals surface area contributed by atoms with Gasteiger partial charge in [-0.15, -0.1) is 0 Å². The van der Waals surface area contributed by atoms with Gasteiger partial charge in [0.05, 0.1) is 26.4 Å². The molecule has 0 radical (unpaired) electrons. The van der Waals surface area contributed by atoms with Crippen LogP contribution < -0.4 is 10.3 Å². The Hall–Kier alpha value is -1.54. The van der Waals surface area contributed by atoms with Gasteiger partial charge < -0.3 is 23.0 Å². The van der Waals surface area contributed by atoms with Crippen LogP contribution in [0.15, 0.2) is 29.4 Å². The van der Waals surface area contributed by atoms with Gasteiger partial charge in [0.15, 0.2) is 0 Å². The molecule has 192 valence electrons. The van der Waals surface area contributed by atoms with E-state index < -0.39 is 20.2 Å². The second-order valence-corrected chi connectivity index (χ2v) is 12.3. The van der Waals surface area contributed by atoms with E-state index in [4.69, 9.17) is 18.1 Å². The summed E-state index contributed by atoms with van der Waals surface area (Å²) in [6.07, 6.45) is -0.307. The lowest BCUT2D eigenvalue weighted by molar-refractivity contribution is 0.106. The summed E-state index contributed by atoms with van der Waals surface area (Å²) < 4.78 is 50.2. The van der Waals surface area contributed by atoms with Crippen LogP contribution in [0.1, 0.15) is 58.3 Å². The van der Waals surface area contributed by atoms with Crippen molar-refractivity contribution in [2.75, 3.05) is 44.4 Å². The van der Waals surface area contributed by atoms with E-state index in [-0.39, 0.29) is 44.3 Å². The van der Waals surface area contributed by atoms with Crippen LogP contribution in [0, 0.1) is 0 Å². The summed E-state index contributed by atoms with van der Waals surface area (Å²) in [5, 5.41) is 2.18. The van der Waals surface area contributed by atoms with Crippen molar-refractivity contribution in [3.8, 4) is 0 Å². The van der Waals surface area contributed by atoms with E-state index in [1.807, 2.05) is 12.1 Å². The summed E-state index contributed by atoms with van der Waals surface area (Å²) >= 11 is 0. The minimum absolute atomic E-state index is 0.0229. The summed E-state index contributed by atoms with van der Waals surface area (Å²) in [5.74, 6) is -0.389. The van der Waals surface area contributed by atoms with Crippen LogP contribution in [0.5, 0.6) is 0 Å². The summed E-state index contributed by atoms with van der Waals surface area (Å²) in [6.45, 7) is 12.5. The highest BCUT2D eigenvalue weighted by molar-refractivity contribution is 7.74. The van der Waals surface area contributed by atoms with E-state index in [0.29, 0.717) is 5.56 Å². The molecule has 10 nitrogen and oxygen atoms in total. The molecule has 34 heavy (non-hydrogen) atoms. The predicted molar refractivity (Wildman–Crippen MR) is 134 cm³/mol. The zero-order valence-electron chi connectivity index (χ0n) is 20.9. The second-order valence-electron chi connectivity index (χ2n) is 7.38. The van der Waals surface area contributed by atoms with Gasteiger partial charge >= 0.3 is 15.2 Å². The van der Waals surface area contributed by atoms with Crippen LogP contribution in [0.2, 0.25) is 0 Å². The number of nitrogens with zero attached hydrogens (tertiary/aromatic N) is 2. The van der Waals surface area contributed by atoms with Crippen molar-refractivity contribution in [2.45, 2.75) is 53.0 Å². The lowest BCUT2D eigenvalue weighted by atomic mass is 10.0. The van der Waals surface area contributed by atoms with E-state index in [1.54, 1.807) is 39.8 Å². The number of carbonyl (C=O) groups excluding carboxylic acids is 1. The van der Waals surface area contributed by atoms with Gasteiger partial charge in [-0.2, -0.15) is 5.10 Å². The van der Waals surface area contributed by atoms with E-state index in [1.165, 1.54) is 0 Å². The molecule has 0 unspecified atom stereocenters. The van der Waals surface area contributed by atoms with Gasteiger partial charge in [0, 0.05) is 30.8 Å². The van der Waals surface area contributed by atoms with E-state index in [9.17, 15) is 13.9 Å². The smallest absolute Gasteiger partial charge is 0.370 e. The van der Waals surface area contributed by atoms with Gasteiger partial charge in [-0.1, -0.05) is 0 Å². The van der Waals surface area contributed by atoms with Gasteiger partial charge in [0.1, 0.15) is 5.71 Å². The second kappa shape index (κ2) is 12.4. The predicted octanol–water partition coefficient (Wildman–Crippen LogP) is 5.25. The maximum Gasteiger partial charge on any atom is 0.370 e. The highest BCUT2D eigenvalue weighted by Gasteiger charge is 2.68. The molecule has 2 rings (SSSR count). The minimum Gasteiger partial charge on any atom is -0.372 e. The third-order valence-electron chi connectivity index (χ3n) is 5.41. The molecule has 1 aromatic carbocycles. The Morgan fingerprint density at radius 3 is 1.71 bits per heavy atom. The number of hydrogen-bond acceptors (Lipinski definition) is 10. The molecule has 12 heteroatoms. The van der Waals surface area contributed by atoms with Gasteiger partial charge in [-0.25, -0.2) is 0 Å². The quantitative estimate of drug-likeness (QED) is 0.246. The van der Waals surface area contributed by atoms with E-state index in [0.717, 1.165) is 18.8 Å². The number of hydrazone groups is 1. The first kappa shape index (κ1) is 28.7. The van der Waals surface area contributed by atoms with Crippen LogP contribution >= 0.6 is 15.2 Å². The molecule has 0 aromatic heterocycles. The Morgan fingerprint density at radius 1 is 0.882 bits per heavy atom. The monoisotopic (exact) mass is 517 g/mol. The van der Waals surface area contributed by atoms with Gasteiger partial charge in [0.2, 0.25) is 5.78 Å². The normalized spacial score (nSPS) is 15.6. The Kier molecular flexibility index (Phi) is 10.5. The highest BCUT2D eigenvalue weighted by atomic mass is 31.2. The molecule has 0 amide bonds. The van der Waals surface area contributed by atoms with Crippen molar-refractivity contribution in [2.24, 2.45) is 5.10 Å². The number of nitrogens with one attached hydrogen (secondary N) is 1. The topological polar surface area (TPSA) is 116 Å². The molecule has 0 fully saturated rings. The molecule has 1 aromatic rings. The maximum atomic E-state index is 14.0. The zero-order chi connectivity index (χ0) is 25.4. The summed E-state index contributed by atoms with van der Waals surface area (Å²) in [5.41, 5.74) is 4.11. The Balaban J connectivity index is 2.47. The standard InChI is InChI=1S/C22H37N3O7P2/c1-7-25(8-2)19-15-13-18(14-16-19)21(26)20-17-22(24-23-20,33(27,29-9-3)30-10-4)34(28,31-11-5)32-12-6/h13-16,24H,7-12,17H2,1-6H3. The first-order valence-electron chi connectivity index (χ1n) is 11.7. The van der Waals surface area contributed by atoms with Gasteiger partial charge in [0.25, 0.3) is 5.02 Å². The largest absolute Gasteiger partial charge is 0.372 e. The Labute approximate surface area is 202 Å². The van der Waals surface area contributed by atoms with Crippen LogP contribution in [-0.2, 0) is 27.2 Å². The van der Waals surface area contributed by atoms with E-state index in [2.05, 4.69) is 29.3 Å². The maximum absolute atomic E-state index is 14.0. The molecular formula is C22H37N3O7P2. The zero-order valence-corrected chi connectivity index (χ0v) is 22.7. The SMILES string of the molecule is CCOP(=O)(OCC)C1(P(=O)(OCC)OCC)CC(C(=O)c2ccc(N(CC)CC)cc2)=NN1.